The highest BCUT2D eigenvalue weighted by molar-refractivity contribution is 5.75. The van der Waals surface area contributed by atoms with Gasteiger partial charge < -0.3 is 14.6 Å². The Morgan fingerprint density at radius 2 is 2.35 bits per heavy atom. The SMILES string of the molecule is CCOC(=O)C(C)NCCCCn1ccnc1. The van der Waals surface area contributed by atoms with Crippen LogP contribution in [0, 0.1) is 0 Å². The summed E-state index contributed by atoms with van der Waals surface area (Å²) in [6, 6.07) is -0.219. The molecule has 1 aromatic rings. The van der Waals surface area contributed by atoms with E-state index in [-0.39, 0.29) is 12.0 Å². The Hall–Kier alpha value is -1.36. The summed E-state index contributed by atoms with van der Waals surface area (Å²) in [5.41, 5.74) is 0. The molecule has 1 atom stereocenters. The summed E-state index contributed by atoms with van der Waals surface area (Å²) in [5, 5.41) is 3.15. The van der Waals surface area contributed by atoms with E-state index in [4.69, 9.17) is 4.74 Å². The molecule has 0 saturated carbocycles. The molecule has 5 heteroatoms. The van der Waals surface area contributed by atoms with Crippen molar-refractivity contribution < 1.29 is 9.53 Å². The number of carbonyl (C=O) groups is 1. The molecule has 0 aliphatic heterocycles. The van der Waals surface area contributed by atoms with Crippen molar-refractivity contribution in [3.63, 3.8) is 0 Å². The molecular formula is C12H21N3O2. The second-order valence-corrected chi connectivity index (χ2v) is 3.94. The predicted molar refractivity (Wildman–Crippen MR) is 65.6 cm³/mol. The average molecular weight is 239 g/mol. The fraction of sp³-hybridized carbons (Fsp3) is 0.667. The van der Waals surface area contributed by atoms with E-state index in [1.807, 2.05) is 26.4 Å². The van der Waals surface area contributed by atoms with Crippen molar-refractivity contribution in [1.29, 1.82) is 0 Å². The Balaban J connectivity index is 2.02. The Bertz CT molecular complexity index is 312. The molecular weight excluding hydrogens is 218 g/mol. The molecule has 17 heavy (non-hydrogen) atoms. The summed E-state index contributed by atoms with van der Waals surface area (Å²) >= 11 is 0. The molecule has 0 spiro atoms. The van der Waals surface area contributed by atoms with Crippen molar-refractivity contribution in [3.05, 3.63) is 18.7 Å². The topological polar surface area (TPSA) is 56.1 Å². The maximum atomic E-state index is 11.3. The number of aryl methyl sites for hydroxylation is 1. The molecule has 1 unspecified atom stereocenters. The minimum Gasteiger partial charge on any atom is -0.465 e. The van der Waals surface area contributed by atoms with Crippen LogP contribution in [-0.2, 0) is 16.1 Å². The van der Waals surface area contributed by atoms with Crippen LogP contribution < -0.4 is 5.32 Å². The third kappa shape index (κ3) is 5.49. The van der Waals surface area contributed by atoms with Gasteiger partial charge in [-0.1, -0.05) is 0 Å². The average Bonchev–Trinajstić information content (AvgIpc) is 2.81. The number of nitrogens with zero attached hydrogens (tertiary/aromatic N) is 2. The molecule has 0 aliphatic carbocycles. The smallest absolute Gasteiger partial charge is 0.322 e. The van der Waals surface area contributed by atoms with Crippen LogP contribution in [0.4, 0.5) is 0 Å². The zero-order valence-corrected chi connectivity index (χ0v) is 10.6. The van der Waals surface area contributed by atoms with Crippen molar-refractivity contribution in [3.8, 4) is 0 Å². The minimum atomic E-state index is -0.219. The molecule has 1 heterocycles. The van der Waals surface area contributed by atoms with E-state index < -0.39 is 0 Å². The molecule has 1 aromatic heterocycles. The van der Waals surface area contributed by atoms with Gasteiger partial charge in [-0.25, -0.2) is 4.98 Å². The van der Waals surface area contributed by atoms with E-state index in [9.17, 15) is 4.79 Å². The molecule has 1 rings (SSSR count). The van der Waals surface area contributed by atoms with Gasteiger partial charge in [-0.05, 0) is 33.2 Å². The predicted octanol–water partition coefficient (Wildman–Crippen LogP) is 1.20. The third-order valence-corrected chi connectivity index (χ3v) is 2.49. The molecule has 0 radical (unpaired) electrons. The van der Waals surface area contributed by atoms with Gasteiger partial charge >= 0.3 is 5.97 Å². The van der Waals surface area contributed by atoms with E-state index in [1.165, 1.54) is 0 Å². The van der Waals surface area contributed by atoms with Crippen LogP contribution in [0.1, 0.15) is 26.7 Å². The van der Waals surface area contributed by atoms with Crippen molar-refractivity contribution in [2.24, 2.45) is 0 Å². The highest BCUT2D eigenvalue weighted by Gasteiger charge is 2.11. The zero-order chi connectivity index (χ0) is 12.5. The van der Waals surface area contributed by atoms with Crippen molar-refractivity contribution in [1.82, 2.24) is 14.9 Å². The van der Waals surface area contributed by atoms with Crippen LogP contribution in [-0.4, -0.2) is 34.7 Å². The van der Waals surface area contributed by atoms with Crippen LogP contribution >= 0.6 is 0 Å². The number of imidazole rings is 1. The third-order valence-electron chi connectivity index (χ3n) is 2.49. The minimum absolute atomic E-state index is 0.179. The summed E-state index contributed by atoms with van der Waals surface area (Å²) in [4.78, 5) is 15.3. The lowest BCUT2D eigenvalue weighted by Crippen LogP contribution is -2.36. The van der Waals surface area contributed by atoms with Crippen LogP contribution in [0.3, 0.4) is 0 Å². The van der Waals surface area contributed by atoms with E-state index >= 15 is 0 Å². The van der Waals surface area contributed by atoms with Gasteiger partial charge in [0.25, 0.3) is 0 Å². The van der Waals surface area contributed by atoms with Gasteiger partial charge in [-0.3, -0.25) is 4.79 Å². The standard InChI is InChI=1S/C12H21N3O2/c1-3-17-12(16)11(2)14-6-4-5-8-15-9-7-13-10-15/h7,9-11,14H,3-6,8H2,1-2H3. The number of hydrogen-bond donors (Lipinski definition) is 1. The summed E-state index contributed by atoms with van der Waals surface area (Å²) in [7, 11) is 0. The lowest BCUT2D eigenvalue weighted by Gasteiger charge is -2.12. The van der Waals surface area contributed by atoms with Gasteiger partial charge in [0.05, 0.1) is 12.9 Å². The largest absolute Gasteiger partial charge is 0.465 e. The number of aromatic nitrogens is 2. The summed E-state index contributed by atoms with van der Waals surface area (Å²) < 4.78 is 6.96. The molecule has 0 amide bonds. The molecule has 0 aliphatic rings. The van der Waals surface area contributed by atoms with E-state index in [2.05, 4.69) is 14.9 Å². The number of ether oxygens (including phenoxy) is 1. The van der Waals surface area contributed by atoms with Gasteiger partial charge in [-0.2, -0.15) is 0 Å². The monoisotopic (exact) mass is 239 g/mol. The molecule has 0 bridgehead atoms. The van der Waals surface area contributed by atoms with Gasteiger partial charge in [0.2, 0.25) is 0 Å². The summed E-state index contributed by atoms with van der Waals surface area (Å²) in [6.07, 6.45) is 7.64. The molecule has 1 N–H and O–H groups in total. The maximum Gasteiger partial charge on any atom is 0.322 e. The van der Waals surface area contributed by atoms with Crippen molar-refractivity contribution >= 4 is 5.97 Å². The number of carbonyl (C=O) groups excluding carboxylic acids is 1. The fourth-order valence-electron chi connectivity index (χ4n) is 1.51. The Kier molecular flexibility index (Phi) is 6.32. The van der Waals surface area contributed by atoms with Crippen LogP contribution in [0.25, 0.3) is 0 Å². The normalized spacial score (nSPS) is 12.4. The van der Waals surface area contributed by atoms with E-state index in [1.54, 1.807) is 6.20 Å². The Labute approximate surface area is 102 Å². The summed E-state index contributed by atoms with van der Waals surface area (Å²) in [5.74, 6) is -0.179. The second kappa shape index (κ2) is 7.84. The second-order valence-electron chi connectivity index (χ2n) is 3.94. The lowest BCUT2D eigenvalue weighted by atomic mass is 10.2. The van der Waals surface area contributed by atoms with Crippen LogP contribution in [0.15, 0.2) is 18.7 Å². The zero-order valence-electron chi connectivity index (χ0n) is 10.6. The molecule has 96 valence electrons. The highest BCUT2D eigenvalue weighted by atomic mass is 16.5. The summed E-state index contributed by atoms with van der Waals surface area (Å²) in [6.45, 7) is 5.87. The van der Waals surface area contributed by atoms with Crippen molar-refractivity contribution in [2.45, 2.75) is 39.3 Å². The molecule has 0 fully saturated rings. The molecule has 0 saturated heterocycles. The van der Waals surface area contributed by atoms with Gasteiger partial charge in [0.1, 0.15) is 6.04 Å². The molecule has 5 nitrogen and oxygen atoms in total. The van der Waals surface area contributed by atoms with Crippen LogP contribution in [0.2, 0.25) is 0 Å². The van der Waals surface area contributed by atoms with Gasteiger partial charge in [0, 0.05) is 18.9 Å². The maximum absolute atomic E-state index is 11.3. The van der Waals surface area contributed by atoms with Gasteiger partial charge in [-0.15, -0.1) is 0 Å². The highest BCUT2D eigenvalue weighted by Crippen LogP contribution is 1.95. The fourth-order valence-corrected chi connectivity index (χ4v) is 1.51. The number of unbranched alkanes of at least 4 members (excludes halogenated alkanes) is 1. The number of rotatable bonds is 8. The van der Waals surface area contributed by atoms with E-state index in [0.717, 1.165) is 25.9 Å². The Morgan fingerprint density at radius 1 is 1.53 bits per heavy atom. The number of nitrogens with one attached hydrogen (secondary N) is 1. The first-order valence-electron chi connectivity index (χ1n) is 6.09. The first-order valence-corrected chi connectivity index (χ1v) is 6.09. The number of hydrogen-bond acceptors (Lipinski definition) is 4. The Morgan fingerprint density at radius 3 is 3.00 bits per heavy atom. The van der Waals surface area contributed by atoms with Crippen LogP contribution in [0.5, 0.6) is 0 Å². The first kappa shape index (κ1) is 13.7. The number of esters is 1. The molecule has 0 aromatic carbocycles. The van der Waals surface area contributed by atoms with Gasteiger partial charge in [0.15, 0.2) is 0 Å². The quantitative estimate of drug-likeness (QED) is 0.547. The first-order chi connectivity index (χ1) is 8.24. The van der Waals surface area contributed by atoms with E-state index in [0.29, 0.717) is 6.61 Å². The lowest BCUT2D eigenvalue weighted by molar-refractivity contribution is -0.145. The van der Waals surface area contributed by atoms with Crippen molar-refractivity contribution in [2.75, 3.05) is 13.2 Å².